The first kappa shape index (κ1) is 32.2. The zero-order valence-electron chi connectivity index (χ0n) is 27.3. The number of hydrogen-bond donors (Lipinski definition) is 0. The Hall–Kier alpha value is -4.74. The topological polar surface area (TPSA) is 46.4 Å². The molecule has 0 bridgehead atoms. The van der Waals surface area contributed by atoms with Crippen LogP contribution in [0.25, 0.3) is 10.8 Å². The highest BCUT2D eigenvalue weighted by Gasteiger charge is 2.47. The molecular formula is C42H39BrN2O2. The van der Waals surface area contributed by atoms with Gasteiger partial charge in [0.15, 0.2) is 0 Å². The molecule has 5 aromatic carbocycles. The van der Waals surface area contributed by atoms with E-state index in [1.807, 2.05) is 18.2 Å². The normalized spacial score (nSPS) is 15.0. The van der Waals surface area contributed by atoms with Gasteiger partial charge in [-0.05, 0) is 92.0 Å². The first-order valence-corrected chi connectivity index (χ1v) is 16.7. The van der Waals surface area contributed by atoms with Crippen molar-refractivity contribution in [3.8, 4) is 0 Å². The van der Waals surface area contributed by atoms with Crippen molar-refractivity contribution in [3.05, 3.63) is 188 Å². The van der Waals surface area contributed by atoms with Gasteiger partial charge in [0.25, 0.3) is 5.69 Å². The summed E-state index contributed by atoms with van der Waals surface area (Å²) in [5.41, 5.74) is 8.04. The SMILES string of the molecule is C=C(/C=C/C=C1/N(C)c2cc(Br)c([N+](=O)[O-])cc2C1(Cc1ccccc1)Cc1ccccc1)C(C)(C)c1c(C)ccc2ccccc12. The van der Waals surface area contributed by atoms with E-state index in [9.17, 15) is 10.1 Å². The van der Waals surface area contributed by atoms with Crippen LogP contribution in [0.4, 0.5) is 11.4 Å². The van der Waals surface area contributed by atoms with E-state index in [-0.39, 0.29) is 16.0 Å². The molecule has 0 N–H and O–H groups in total. The van der Waals surface area contributed by atoms with E-state index in [0.29, 0.717) is 17.3 Å². The van der Waals surface area contributed by atoms with Crippen LogP contribution < -0.4 is 4.90 Å². The zero-order valence-corrected chi connectivity index (χ0v) is 28.9. The fraction of sp³-hybridized carbons (Fsp3) is 0.190. The van der Waals surface area contributed by atoms with Gasteiger partial charge in [-0.25, -0.2) is 0 Å². The zero-order chi connectivity index (χ0) is 33.3. The van der Waals surface area contributed by atoms with E-state index >= 15 is 0 Å². The molecule has 0 saturated heterocycles. The third kappa shape index (κ3) is 5.96. The molecule has 0 unspecified atom stereocenters. The predicted molar refractivity (Wildman–Crippen MR) is 199 cm³/mol. The predicted octanol–water partition coefficient (Wildman–Crippen LogP) is 11.0. The van der Waals surface area contributed by atoms with Crippen LogP contribution in [-0.2, 0) is 23.7 Å². The van der Waals surface area contributed by atoms with Crippen LogP contribution in [-0.4, -0.2) is 12.0 Å². The Morgan fingerprint density at radius 2 is 1.51 bits per heavy atom. The highest BCUT2D eigenvalue weighted by atomic mass is 79.9. The van der Waals surface area contributed by atoms with Crippen LogP contribution in [0.15, 0.2) is 150 Å². The molecule has 0 fully saturated rings. The Bertz CT molecular complexity index is 2000. The third-order valence-corrected chi connectivity index (χ3v) is 10.4. The van der Waals surface area contributed by atoms with Gasteiger partial charge in [0.05, 0.1) is 9.40 Å². The Morgan fingerprint density at radius 1 is 0.915 bits per heavy atom. The van der Waals surface area contributed by atoms with E-state index in [0.717, 1.165) is 22.5 Å². The van der Waals surface area contributed by atoms with Crippen LogP contribution in [0.1, 0.15) is 41.7 Å². The quantitative estimate of drug-likeness (QED) is 0.0883. The lowest BCUT2D eigenvalue weighted by Gasteiger charge is -2.33. The standard InChI is InChI=1S/C42H39BrN2O2/c1-29-23-24-33-20-12-13-21-34(33)40(29)41(3,4)30(2)15-14-22-39-42(27-31-16-8-6-9-17-31,28-32-18-10-7-11-19-32)35-25-38(45(46)47)36(43)26-37(35)44(39)5/h6-26H,2,27-28H2,1,3-5H3/b15-14+,39-22+. The molecule has 0 saturated carbocycles. The molecule has 5 aromatic rings. The molecule has 1 aliphatic heterocycles. The monoisotopic (exact) mass is 682 g/mol. The van der Waals surface area contributed by atoms with Crippen molar-refractivity contribution in [3.63, 3.8) is 0 Å². The van der Waals surface area contributed by atoms with Crippen LogP contribution >= 0.6 is 15.9 Å². The van der Waals surface area contributed by atoms with Crippen molar-refractivity contribution in [2.24, 2.45) is 0 Å². The Kier molecular flexibility index (Phi) is 8.78. The van der Waals surface area contributed by atoms with E-state index < -0.39 is 5.41 Å². The van der Waals surface area contributed by atoms with Crippen molar-refractivity contribution in [2.75, 3.05) is 11.9 Å². The molecule has 0 atom stereocenters. The number of benzene rings is 5. The Labute approximate surface area is 286 Å². The van der Waals surface area contributed by atoms with Crippen LogP contribution in [0.2, 0.25) is 0 Å². The maximum absolute atomic E-state index is 12.2. The smallest absolute Gasteiger partial charge is 0.283 e. The van der Waals surface area contributed by atoms with Crippen LogP contribution in [0.5, 0.6) is 0 Å². The number of aryl methyl sites for hydroxylation is 1. The first-order chi connectivity index (χ1) is 22.5. The van der Waals surface area contributed by atoms with Gasteiger partial charge in [-0.3, -0.25) is 10.1 Å². The average molecular weight is 684 g/mol. The van der Waals surface area contributed by atoms with Gasteiger partial charge >= 0.3 is 0 Å². The first-order valence-electron chi connectivity index (χ1n) is 15.9. The van der Waals surface area contributed by atoms with Crippen molar-refractivity contribution >= 4 is 38.1 Å². The summed E-state index contributed by atoms with van der Waals surface area (Å²) < 4.78 is 0.471. The van der Waals surface area contributed by atoms with Crippen LogP contribution in [0.3, 0.4) is 0 Å². The molecular weight excluding hydrogens is 644 g/mol. The van der Waals surface area contributed by atoms with Gasteiger partial charge in [0.2, 0.25) is 0 Å². The van der Waals surface area contributed by atoms with Crippen molar-refractivity contribution in [2.45, 2.75) is 44.4 Å². The molecule has 0 aliphatic carbocycles. The average Bonchev–Trinajstić information content (AvgIpc) is 3.26. The molecule has 1 aliphatic rings. The molecule has 0 radical (unpaired) electrons. The number of nitro benzene ring substituents is 1. The fourth-order valence-electron chi connectivity index (χ4n) is 7.37. The fourth-order valence-corrected chi connectivity index (χ4v) is 7.85. The molecule has 0 aromatic heterocycles. The van der Waals surface area contributed by atoms with Gasteiger partial charge in [0.1, 0.15) is 0 Å². The molecule has 0 amide bonds. The number of halogens is 1. The molecule has 0 spiro atoms. The van der Waals surface area contributed by atoms with Crippen molar-refractivity contribution in [1.29, 1.82) is 0 Å². The second kappa shape index (κ2) is 12.8. The van der Waals surface area contributed by atoms with Crippen LogP contribution in [0, 0.1) is 17.0 Å². The maximum Gasteiger partial charge on any atom is 0.283 e. The minimum atomic E-state index is -0.564. The number of likely N-dealkylation sites (N-methyl/N-ethyl adjacent to an activating group) is 1. The lowest BCUT2D eigenvalue weighted by molar-refractivity contribution is -0.385. The van der Waals surface area contributed by atoms with Gasteiger partial charge in [-0.2, -0.15) is 0 Å². The summed E-state index contributed by atoms with van der Waals surface area (Å²) in [6, 6.07) is 37.4. The van der Waals surface area contributed by atoms with Crippen molar-refractivity contribution in [1.82, 2.24) is 0 Å². The second-order valence-corrected chi connectivity index (χ2v) is 13.9. The summed E-state index contributed by atoms with van der Waals surface area (Å²) in [7, 11) is 2.06. The molecule has 236 valence electrons. The van der Waals surface area contributed by atoms with Gasteiger partial charge in [-0.1, -0.05) is 130 Å². The number of hydrogen-bond acceptors (Lipinski definition) is 3. The van der Waals surface area contributed by atoms with E-state index in [2.05, 4.69) is 158 Å². The van der Waals surface area contributed by atoms with E-state index in [1.54, 1.807) is 6.07 Å². The lowest BCUT2D eigenvalue weighted by Crippen LogP contribution is -2.34. The van der Waals surface area contributed by atoms with E-state index in [4.69, 9.17) is 0 Å². The number of rotatable bonds is 9. The molecule has 4 nitrogen and oxygen atoms in total. The van der Waals surface area contributed by atoms with Gasteiger partial charge < -0.3 is 4.90 Å². The Morgan fingerprint density at radius 3 is 2.13 bits per heavy atom. The molecule has 47 heavy (non-hydrogen) atoms. The maximum atomic E-state index is 12.2. The summed E-state index contributed by atoms with van der Waals surface area (Å²) in [4.78, 5) is 14.1. The summed E-state index contributed by atoms with van der Waals surface area (Å²) >= 11 is 3.49. The summed E-state index contributed by atoms with van der Waals surface area (Å²) in [6.07, 6.45) is 7.78. The highest BCUT2D eigenvalue weighted by Crippen LogP contribution is 2.53. The van der Waals surface area contributed by atoms with Crippen molar-refractivity contribution < 1.29 is 4.92 Å². The lowest BCUT2D eigenvalue weighted by atomic mass is 9.70. The summed E-state index contributed by atoms with van der Waals surface area (Å²) in [6.45, 7) is 11.2. The largest absolute Gasteiger partial charge is 0.347 e. The summed E-state index contributed by atoms with van der Waals surface area (Å²) in [5, 5.41) is 14.7. The highest BCUT2D eigenvalue weighted by molar-refractivity contribution is 9.10. The number of anilines is 1. The minimum Gasteiger partial charge on any atom is -0.347 e. The Balaban J connectivity index is 1.49. The summed E-state index contributed by atoms with van der Waals surface area (Å²) in [5.74, 6) is 0. The number of allylic oxidation sites excluding steroid dienone is 5. The molecule has 6 rings (SSSR count). The van der Waals surface area contributed by atoms with Gasteiger partial charge in [-0.15, -0.1) is 0 Å². The van der Waals surface area contributed by atoms with E-state index in [1.165, 1.54) is 33.0 Å². The second-order valence-electron chi connectivity index (χ2n) is 13.1. The van der Waals surface area contributed by atoms with Gasteiger partial charge in [0, 0.05) is 35.3 Å². The number of fused-ring (bicyclic) bond motifs is 2. The third-order valence-electron chi connectivity index (χ3n) is 9.80. The molecule has 1 heterocycles. The minimum absolute atomic E-state index is 0.0695. The number of nitrogens with zero attached hydrogens (tertiary/aromatic N) is 2. The molecule has 5 heteroatoms. The number of nitro groups is 1.